The van der Waals surface area contributed by atoms with Gasteiger partial charge in [0.05, 0.1) is 23.1 Å². The van der Waals surface area contributed by atoms with Crippen LogP contribution in [0.15, 0.2) is 42.5 Å². The summed E-state index contributed by atoms with van der Waals surface area (Å²) in [4.78, 5) is 26.4. The number of benzene rings is 2. The van der Waals surface area contributed by atoms with Gasteiger partial charge in [-0.25, -0.2) is 0 Å². The number of hydrogen-bond acceptors (Lipinski definition) is 3. The fourth-order valence-corrected chi connectivity index (χ4v) is 3.17. The van der Waals surface area contributed by atoms with Crippen molar-refractivity contribution < 1.29 is 14.3 Å². The lowest BCUT2D eigenvalue weighted by molar-refractivity contribution is -0.128. The molecule has 5 nitrogen and oxygen atoms in total. The van der Waals surface area contributed by atoms with Gasteiger partial charge in [-0.05, 0) is 35.9 Å². The molecule has 1 N–H and O–H groups in total. The molecule has 0 saturated carbocycles. The molecule has 2 aromatic rings. The van der Waals surface area contributed by atoms with Gasteiger partial charge in [-0.15, -0.1) is 0 Å². The number of rotatable bonds is 5. The number of halogens is 2. The molecule has 7 heteroatoms. The number of ether oxygens (including phenoxy) is 1. The number of nitrogens with one attached hydrogen (secondary N) is 1. The van der Waals surface area contributed by atoms with Crippen molar-refractivity contribution in [3.05, 3.63) is 58.1 Å². The van der Waals surface area contributed by atoms with Crippen LogP contribution in [0.5, 0.6) is 5.75 Å². The Morgan fingerprint density at radius 1 is 1.19 bits per heavy atom. The summed E-state index contributed by atoms with van der Waals surface area (Å²) >= 11 is 11.8. The van der Waals surface area contributed by atoms with Crippen molar-refractivity contribution in [3.63, 3.8) is 0 Å². The molecule has 136 valence electrons. The molecule has 3 rings (SSSR count). The average molecular weight is 393 g/mol. The van der Waals surface area contributed by atoms with E-state index < -0.39 is 5.92 Å². The molecule has 1 aliphatic heterocycles. The van der Waals surface area contributed by atoms with E-state index in [9.17, 15) is 9.59 Å². The number of methoxy groups -OCH3 is 1. The first kappa shape index (κ1) is 18.5. The van der Waals surface area contributed by atoms with Gasteiger partial charge in [0.1, 0.15) is 5.75 Å². The zero-order valence-corrected chi connectivity index (χ0v) is 15.7. The molecule has 0 aliphatic carbocycles. The van der Waals surface area contributed by atoms with Crippen molar-refractivity contribution in [1.82, 2.24) is 4.90 Å². The van der Waals surface area contributed by atoms with Crippen molar-refractivity contribution in [1.29, 1.82) is 0 Å². The Kier molecular flexibility index (Phi) is 5.69. The standard InChI is InChI=1S/C19H18Cl2N2O3/c1-26-15-5-2-12(3-6-15)10-23-11-13(8-18(23)24)19(25)22-14-4-7-16(20)17(21)9-14/h2-7,9,13H,8,10-11H2,1H3,(H,22,25). The minimum Gasteiger partial charge on any atom is -0.497 e. The van der Waals surface area contributed by atoms with Crippen LogP contribution in [-0.4, -0.2) is 30.4 Å². The number of carbonyl (C=O) groups is 2. The van der Waals surface area contributed by atoms with E-state index in [1.54, 1.807) is 30.2 Å². The quantitative estimate of drug-likeness (QED) is 0.836. The van der Waals surface area contributed by atoms with Crippen LogP contribution in [-0.2, 0) is 16.1 Å². The maximum absolute atomic E-state index is 12.5. The minimum atomic E-state index is -0.393. The minimum absolute atomic E-state index is 0.0323. The smallest absolute Gasteiger partial charge is 0.229 e. The summed E-state index contributed by atoms with van der Waals surface area (Å²) in [5.41, 5.74) is 1.55. The monoisotopic (exact) mass is 392 g/mol. The molecular weight excluding hydrogens is 375 g/mol. The number of hydrogen-bond donors (Lipinski definition) is 1. The second kappa shape index (κ2) is 7.98. The highest BCUT2D eigenvalue weighted by Gasteiger charge is 2.34. The molecular formula is C19H18Cl2N2O3. The average Bonchev–Trinajstić information content (AvgIpc) is 3.00. The third-order valence-corrected chi connectivity index (χ3v) is 5.04. The predicted molar refractivity (Wildman–Crippen MR) is 102 cm³/mol. The van der Waals surface area contributed by atoms with Crippen molar-refractivity contribution >= 4 is 40.7 Å². The molecule has 0 aromatic heterocycles. The topological polar surface area (TPSA) is 58.6 Å². The highest BCUT2D eigenvalue weighted by Crippen LogP contribution is 2.27. The zero-order chi connectivity index (χ0) is 18.7. The van der Waals surface area contributed by atoms with Crippen molar-refractivity contribution in [3.8, 4) is 5.75 Å². The lowest BCUT2D eigenvalue weighted by Crippen LogP contribution is -2.28. The predicted octanol–water partition coefficient (Wildman–Crippen LogP) is 3.99. The van der Waals surface area contributed by atoms with E-state index in [1.807, 2.05) is 24.3 Å². The van der Waals surface area contributed by atoms with Crippen LogP contribution >= 0.6 is 23.2 Å². The van der Waals surface area contributed by atoms with Gasteiger partial charge in [0.2, 0.25) is 11.8 Å². The molecule has 26 heavy (non-hydrogen) atoms. The highest BCUT2D eigenvalue weighted by atomic mass is 35.5. The number of likely N-dealkylation sites (tertiary alicyclic amines) is 1. The van der Waals surface area contributed by atoms with Gasteiger partial charge < -0.3 is 15.0 Å². The summed E-state index contributed by atoms with van der Waals surface area (Å²) in [6.45, 7) is 0.859. The lowest BCUT2D eigenvalue weighted by Gasteiger charge is -2.17. The highest BCUT2D eigenvalue weighted by molar-refractivity contribution is 6.42. The van der Waals surface area contributed by atoms with Crippen LogP contribution in [0.4, 0.5) is 5.69 Å². The maximum atomic E-state index is 12.5. The lowest BCUT2D eigenvalue weighted by atomic mass is 10.1. The molecule has 1 atom stereocenters. The van der Waals surface area contributed by atoms with Crippen LogP contribution in [0.1, 0.15) is 12.0 Å². The molecule has 1 saturated heterocycles. The Labute approximate surface area is 161 Å². The van der Waals surface area contributed by atoms with Gasteiger partial charge in [0, 0.05) is 25.2 Å². The summed E-state index contributed by atoms with van der Waals surface area (Å²) in [5, 5.41) is 3.59. The Morgan fingerprint density at radius 3 is 2.58 bits per heavy atom. The fraction of sp³-hybridized carbons (Fsp3) is 0.263. The van der Waals surface area contributed by atoms with Gasteiger partial charge in [-0.1, -0.05) is 35.3 Å². The van der Waals surface area contributed by atoms with E-state index in [-0.39, 0.29) is 18.2 Å². The third kappa shape index (κ3) is 4.29. The number of amides is 2. The van der Waals surface area contributed by atoms with Crippen molar-refractivity contribution in [2.24, 2.45) is 5.92 Å². The van der Waals surface area contributed by atoms with E-state index in [2.05, 4.69) is 5.32 Å². The Bertz CT molecular complexity index is 824. The first-order valence-electron chi connectivity index (χ1n) is 8.13. The molecule has 0 spiro atoms. The van der Waals surface area contributed by atoms with Crippen molar-refractivity contribution in [2.45, 2.75) is 13.0 Å². The summed E-state index contributed by atoms with van der Waals surface area (Å²) in [6.07, 6.45) is 0.198. The number of anilines is 1. The van der Waals surface area contributed by atoms with Crippen molar-refractivity contribution in [2.75, 3.05) is 19.0 Å². The largest absolute Gasteiger partial charge is 0.497 e. The molecule has 1 fully saturated rings. The van der Waals surface area contributed by atoms with Crippen LogP contribution in [0.2, 0.25) is 10.0 Å². The van der Waals surface area contributed by atoms with Crippen LogP contribution in [0.25, 0.3) is 0 Å². The zero-order valence-electron chi connectivity index (χ0n) is 14.2. The number of carbonyl (C=O) groups excluding carboxylic acids is 2. The SMILES string of the molecule is COc1ccc(CN2CC(C(=O)Nc3ccc(Cl)c(Cl)c3)CC2=O)cc1. The van der Waals surface area contributed by atoms with Gasteiger partial charge in [-0.2, -0.15) is 0 Å². The second-order valence-corrected chi connectivity index (χ2v) is 6.96. The second-order valence-electron chi connectivity index (χ2n) is 6.14. The Morgan fingerprint density at radius 2 is 1.92 bits per heavy atom. The molecule has 2 amide bonds. The van der Waals surface area contributed by atoms with Crippen LogP contribution < -0.4 is 10.1 Å². The van der Waals surface area contributed by atoms with E-state index in [1.165, 1.54) is 0 Å². The van der Waals surface area contributed by atoms with Gasteiger partial charge >= 0.3 is 0 Å². The van der Waals surface area contributed by atoms with E-state index in [0.717, 1.165) is 11.3 Å². The Hall–Kier alpha value is -2.24. The first-order valence-corrected chi connectivity index (χ1v) is 8.88. The summed E-state index contributed by atoms with van der Waals surface area (Å²) in [7, 11) is 1.61. The maximum Gasteiger partial charge on any atom is 0.229 e. The normalized spacial score (nSPS) is 16.7. The molecule has 1 aliphatic rings. The summed E-state index contributed by atoms with van der Waals surface area (Å²) in [5.74, 6) is 0.139. The molecule has 0 radical (unpaired) electrons. The van der Waals surface area contributed by atoms with E-state index in [0.29, 0.717) is 28.8 Å². The molecule has 1 unspecified atom stereocenters. The molecule has 1 heterocycles. The number of nitrogens with zero attached hydrogens (tertiary/aromatic N) is 1. The van der Waals surface area contributed by atoms with Crippen LogP contribution in [0.3, 0.4) is 0 Å². The van der Waals surface area contributed by atoms with Crippen LogP contribution in [0, 0.1) is 5.92 Å². The van der Waals surface area contributed by atoms with Gasteiger partial charge in [0.25, 0.3) is 0 Å². The van der Waals surface area contributed by atoms with E-state index in [4.69, 9.17) is 27.9 Å². The van der Waals surface area contributed by atoms with Gasteiger partial charge in [-0.3, -0.25) is 9.59 Å². The van der Waals surface area contributed by atoms with E-state index >= 15 is 0 Å². The molecule has 2 aromatic carbocycles. The Balaban J connectivity index is 1.60. The fourth-order valence-electron chi connectivity index (χ4n) is 2.87. The first-order chi connectivity index (χ1) is 12.5. The van der Waals surface area contributed by atoms with Gasteiger partial charge in [0.15, 0.2) is 0 Å². The summed E-state index contributed by atoms with van der Waals surface area (Å²) < 4.78 is 5.13. The third-order valence-electron chi connectivity index (χ3n) is 4.30. The summed E-state index contributed by atoms with van der Waals surface area (Å²) in [6, 6.07) is 12.4. The molecule has 0 bridgehead atoms.